The second-order valence-electron chi connectivity index (χ2n) is 7.36. The lowest BCUT2D eigenvalue weighted by Crippen LogP contribution is -2.22. The molecule has 152 valence electrons. The average molecular weight is 412 g/mol. The number of rotatable bonds is 5. The zero-order valence-electron chi connectivity index (χ0n) is 16.9. The van der Waals surface area contributed by atoms with Gasteiger partial charge in [-0.2, -0.15) is 5.10 Å². The maximum Gasteiger partial charge on any atom is 0.274 e. The molecule has 0 saturated carbocycles. The third kappa shape index (κ3) is 4.98. The maximum atomic E-state index is 12.9. The largest absolute Gasteiger partial charge is 0.313 e. The second kappa shape index (κ2) is 9.13. The van der Waals surface area contributed by atoms with Gasteiger partial charge in [-0.1, -0.05) is 18.6 Å². The molecule has 1 aromatic heterocycles. The van der Waals surface area contributed by atoms with Crippen LogP contribution in [-0.2, 0) is 12.8 Å². The number of hydrogen-bond donors (Lipinski definition) is 2. The number of nitrogens with one attached hydrogen (secondary N) is 2. The van der Waals surface area contributed by atoms with E-state index in [1.165, 1.54) is 18.3 Å². The van der Waals surface area contributed by atoms with E-state index in [0.29, 0.717) is 21.7 Å². The molecule has 0 unspecified atom stereocenters. The van der Waals surface area contributed by atoms with Crippen molar-refractivity contribution >= 4 is 39.6 Å². The van der Waals surface area contributed by atoms with E-state index in [1.807, 2.05) is 13.8 Å². The highest BCUT2D eigenvalue weighted by molar-refractivity contribution is 7.17. The number of Topliss-reactive ketones (excluding diaryl/α,β-unsaturated/α-hetero) is 1. The van der Waals surface area contributed by atoms with Gasteiger partial charge in [-0.05, 0) is 64.2 Å². The Morgan fingerprint density at radius 2 is 1.55 bits per heavy atom. The summed E-state index contributed by atoms with van der Waals surface area (Å²) in [6.07, 6.45) is 4.99. The molecule has 0 saturated heterocycles. The lowest BCUT2D eigenvalue weighted by atomic mass is 10.0. The first kappa shape index (κ1) is 20.9. The number of carbonyl (C=O) groups is 3. The van der Waals surface area contributed by atoms with Crippen LogP contribution in [0, 0.1) is 0 Å². The smallest absolute Gasteiger partial charge is 0.274 e. The number of hydrogen-bond acceptors (Lipinski definition) is 5. The highest BCUT2D eigenvalue weighted by Crippen LogP contribution is 2.37. The number of benzene rings is 1. The van der Waals surface area contributed by atoms with Crippen molar-refractivity contribution in [3.05, 3.63) is 51.4 Å². The Morgan fingerprint density at radius 1 is 0.897 bits per heavy atom. The lowest BCUT2D eigenvalue weighted by molar-refractivity contribution is 0.0954. The molecule has 1 aliphatic carbocycles. The number of carbonyl (C=O) groups excluding carboxylic acids is 3. The highest BCUT2D eigenvalue weighted by Gasteiger charge is 2.26. The van der Waals surface area contributed by atoms with Gasteiger partial charge in [0.15, 0.2) is 5.78 Å². The first-order valence-corrected chi connectivity index (χ1v) is 10.6. The van der Waals surface area contributed by atoms with Gasteiger partial charge in [0.2, 0.25) is 0 Å². The summed E-state index contributed by atoms with van der Waals surface area (Å²) in [5.41, 5.74) is 5.88. The van der Waals surface area contributed by atoms with Crippen molar-refractivity contribution in [3.8, 4) is 0 Å². The number of ketones is 1. The standard InChI is InChI=1S/C22H25N3O3S/c1-13(2)24-25-21(28)19-17-7-5-4-6-8-18(17)29-22(19)23-20(27)16-11-9-15(10-12-16)14(3)26/h9-12H,4-8H2,1-3H3,(H,23,27)(H,25,28). The van der Waals surface area contributed by atoms with Crippen LogP contribution in [0.4, 0.5) is 5.00 Å². The molecule has 1 aliphatic rings. The van der Waals surface area contributed by atoms with E-state index < -0.39 is 0 Å². The quantitative estimate of drug-likeness (QED) is 0.326. The van der Waals surface area contributed by atoms with Crippen molar-refractivity contribution < 1.29 is 14.4 Å². The van der Waals surface area contributed by atoms with Crippen LogP contribution >= 0.6 is 11.3 Å². The second-order valence-corrected chi connectivity index (χ2v) is 8.46. The normalized spacial score (nSPS) is 13.1. The van der Waals surface area contributed by atoms with Crippen LogP contribution in [0.3, 0.4) is 0 Å². The van der Waals surface area contributed by atoms with Crippen LogP contribution in [0.5, 0.6) is 0 Å². The number of anilines is 1. The van der Waals surface area contributed by atoms with Crippen molar-refractivity contribution in [1.82, 2.24) is 5.43 Å². The summed E-state index contributed by atoms with van der Waals surface area (Å²) in [4.78, 5) is 38.2. The Balaban J connectivity index is 1.91. The van der Waals surface area contributed by atoms with Crippen LogP contribution in [-0.4, -0.2) is 23.3 Å². The van der Waals surface area contributed by atoms with Crippen LogP contribution in [0.2, 0.25) is 0 Å². The molecule has 7 heteroatoms. The van der Waals surface area contributed by atoms with Gasteiger partial charge in [0, 0.05) is 21.7 Å². The number of nitrogens with zero attached hydrogens (tertiary/aromatic N) is 1. The molecule has 1 aromatic carbocycles. The molecule has 0 radical (unpaired) electrons. The Kier molecular flexibility index (Phi) is 6.59. The summed E-state index contributed by atoms with van der Waals surface area (Å²) in [6, 6.07) is 6.50. The zero-order valence-corrected chi connectivity index (χ0v) is 17.7. The van der Waals surface area contributed by atoms with E-state index in [-0.39, 0.29) is 17.6 Å². The molecule has 0 spiro atoms. The van der Waals surface area contributed by atoms with Gasteiger partial charge >= 0.3 is 0 Å². The monoisotopic (exact) mass is 411 g/mol. The fraction of sp³-hybridized carbons (Fsp3) is 0.364. The first-order chi connectivity index (χ1) is 13.9. The fourth-order valence-corrected chi connectivity index (χ4v) is 4.60. The van der Waals surface area contributed by atoms with Crippen molar-refractivity contribution in [2.24, 2.45) is 5.10 Å². The van der Waals surface area contributed by atoms with Gasteiger partial charge in [-0.3, -0.25) is 14.4 Å². The number of amides is 2. The van der Waals surface area contributed by atoms with Gasteiger partial charge < -0.3 is 5.32 Å². The third-order valence-electron chi connectivity index (χ3n) is 4.81. The Hall–Kier alpha value is -2.80. The summed E-state index contributed by atoms with van der Waals surface area (Å²) >= 11 is 1.47. The molecule has 29 heavy (non-hydrogen) atoms. The molecule has 3 rings (SSSR count). The summed E-state index contributed by atoms with van der Waals surface area (Å²) in [5, 5.41) is 7.50. The molecule has 0 atom stereocenters. The molecular formula is C22H25N3O3S. The van der Waals surface area contributed by atoms with E-state index >= 15 is 0 Å². The molecule has 2 aromatic rings. The molecule has 0 bridgehead atoms. The average Bonchev–Trinajstić information content (AvgIpc) is 2.86. The van der Waals surface area contributed by atoms with E-state index in [9.17, 15) is 14.4 Å². The van der Waals surface area contributed by atoms with Crippen LogP contribution in [0.15, 0.2) is 29.4 Å². The fourth-order valence-electron chi connectivity index (χ4n) is 3.32. The maximum absolute atomic E-state index is 12.9. The molecule has 0 aliphatic heterocycles. The van der Waals surface area contributed by atoms with E-state index in [0.717, 1.165) is 48.3 Å². The predicted octanol–water partition coefficient (Wildman–Crippen LogP) is 4.60. The van der Waals surface area contributed by atoms with Gasteiger partial charge in [-0.25, -0.2) is 5.43 Å². The van der Waals surface area contributed by atoms with Gasteiger partial charge in [-0.15, -0.1) is 11.3 Å². The Labute approximate surface area is 174 Å². The van der Waals surface area contributed by atoms with E-state index in [2.05, 4.69) is 15.8 Å². The van der Waals surface area contributed by atoms with Crippen LogP contribution in [0.25, 0.3) is 0 Å². The molecule has 0 fully saturated rings. The summed E-state index contributed by atoms with van der Waals surface area (Å²) in [7, 11) is 0. The number of aryl methyl sites for hydroxylation is 1. The minimum atomic E-state index is -0.305. The predicted molar refractivity (Wildman–Crippen MR) is 116 cm³/mol. The molecule has 2 N–H and O–H groups in total. The molecule has 2 amide bonds. The number of thiophene rings is 1. The van der Waals surface area contributed by atoms with Crippen molar-refractivity contribution in [2.45, 2.75) is 52.9 Å². The zero-order chi connectivity index (χ0) is 21.0. The molecule has 1 heterocycles. The van der Waals surface area contributed by atoms with Crippen molar-refractivity contribution in [1.29, 1.82) is 0 Å². The van der Waals surface area contributed by atoms with Gasteiger partial charge in [0.1, 0.15) is 5.00 Å². The Morgan fingerprint density at radius 3 is 2.21 bits per heavy atom. The minimum Gasteiger partial charge on any atom is -0.313 e. The minimum absolute atomic E-state index is 0.0512. The summed E-state index contributed by atoms with van der Waals surface area (Å²) in [5.74, 6) is -0.654. The topological polar surface area (TPSA) is 87.6 Å². The van der Waals surface area contributed by atoms with Crippen molar-refractivity contribution in [3.63, 3.8) is 0 Å². The summed E-state index contributed by atoms with van der Waals surface area (Å²) < 4.78 is 0. The van der Waals surface area contributed by atoms with E-state index in [1.54, 1.807) is 24.3 Å². The number of fused-ring (bicyclic) bond motifs is 1. The van der Waals surface area contributed by atoms with Crippen molar-refractivity contribution in [2.75, 3.05) is 5.32 Å². The molecular weight excluding hydrogens is 386 g/mol. The van der Waals surface area contributed by atoms with Crippen LogP contribution in [0.1, 0.15) is 81.5 Å². The van der Waals surface area contributed by atoms with Crippen LogP contribution < -0.4 is 10.7 Å². The molecule has 6 nitrogen and oxygen atoms in total. The SMILES string of the molecule is CC(=O)c1ccc(C(=O)Nc2sc3c(c2C(=O)NN=C(C)C)CCCCC3)cc1. The highest BCUT2D eigenvalue weighted by atomic mass is 32.1. The van der Waals surface area contributed by atoms with Gasteiger partial charge in [0.25, 0.3) is 11.8 Å². The Bertz CT molecular complexity index is 970. The number of hydrazone groups is 1. The summed E-state index contributed by atoms with van der Waals surface area (Å²) in [6.45, 7) is 5.10. The lowest BCUT2D eigenvalue weighted by Gasteiger charge is -2.08. The van der Waals surface area contributed by atoms with Gasteiger partial charge in [0.05, 0.1) is 5.56 Å². The van der Waals surface area contributed by atoms with E-state index in [4.69, 9.17) is 0 Å². The third-order valence-corrected chi connectivity index (χ3v) is 6.02. The first-order valence-electron chi connectivity index (χ1n) is 9.75.